The topological polar surface area (TPSA) is 12.0 Å². The van der Waals surface area contributed by atoms with Crippen molar-refractivity contribution in [3.05, 3.63) is 35.4 Å². The molecule has 0 bridgehead atoms. The van der Waals surface area contributed by atoms with Gasteiger partial charge in [0.05, 0.1) is 0 Å². The number of unbranched alkanes of at least 4 members (excludes halogenated alkanes) is 1. The van der Waals surface area contributed by atoms with Gasteiger partial charge in [0, 0.05) is 6.04 Å². The molecule has 2 unspecified atom stereocenters. The van der Waals surface area contributed by atoms with Gasteiger partial charge in [-0.05, 0) is 36.9 Å². The van der Waals surface area contributed by atoms with Gasteiger partial charge in [-0.15, -0.1) is 0 Å². The number of benzene rings is 1. The van der Waals surface area contributed by atoms with Crippen LogP contribution in [-0.2, 0) is 0 Å². The normalized spacial score (nSPS) is 14.3. The minimum atomic E-state index is 0.521. The van der Waals surface area contributed by atoms with Crippen LogP contribution in [0.3, 0.4) is 0 Å². The number of aryl methyl sites for hydroxylation is 1. The molecular formula is C18H31N. The number of nitrogens with one attached hydrogen (secondary N) is 1. The fraction of sp³-hybridized carbons (Fsp3) is 0.667. The van der Waals surface area contributed by atoms with E-state index >= 15 is 0 Å². The molecule has 0 radical (unpaired) electrons. The summed E-state index contributed by atoms with van der Waals surface area (Å²) in [5, 5.41) is 3.68. The van der Waals surface area contributed by atoms with Gasteiger partial charge in [-0.25, -0.2) is 0 Å². The molecule has 0 fully saturated rings. The molecule has 19 heavy (non-hydrogen) atoms. The lowest BCUT2D eigenvalue weighted by atomic mass is 9.88. The standard InChI is InChI=1S/C18H31N/c1-5-8-12-16(6-2)14-18(19-7-3)17-13-10-9-11-15(17)4/h9-11,13,16,18-19H,5-8,12,14H2,1-4H3. The predicted molar refractivity (Wildman–Crippen MR) is 85.5 cm³/mol. The van der Waals surface area contributed by atoms with Crippen LogP contribution in [0.4, 0.5) is 0 Å². The largest absolute Gasteiger partial charge is 0.310 e. The molecule has 0 spiro atoms. The molecule has 1 heteroatoms. The van der Waals surface area contributed by atoms with Crippen LogP contribution >= 0.6 is 0 Å². The average molecular weight is 261 g/mol. The van der Waals surface area contributed by atoms with Crippen molar-refractivity contribution < 1.29 is 0 Å². The molecule has 0 aromatic heterocycles. The third-order valence-electron chi connectivity index (χ3n) is 4.13. The summed E-state index contributed by atoms with van der Waals surface area (Å²) in [5.74, 6) is 0.851. The average Bonchev–Trinajstić information content (AvgIpc) is 2.43. The van der Waals surface area contributed by atoms with Gasteiger partial charge in [-0.1, -0.05) is 70.7 Å². The van der Waals surface area contributed by atoms with E-state index in [0.29, 0.717) is 6.04 Å². The van der Waals surface area contributed by atoms with Crippen molar-refractivity contribution >= 4 is 0 Å². The van der Waals surface area contributed by atoms with Gasteiger partial charge in [0.25, 0.3) is 0 Å². The Morgan fingerprint density at radius 3 is 2.42 bits per heavy atom. The second-order valence-electron chi connectivity index (χ2n) is 5.62. The van der Waals surface area contributed by atoms with Gasteiger partial charge in [-0.3, -0.25) is 0 Å². The summed E-state index contributed by atoms with van der Waals surface area (Å²) in [6.07, 6.45) is 6.63. The summed E-state index contributed by atoms with van der Waals surface area (Å²) >= 11 is 0. The number of hydrogen-bond donors (Lipinski definition) is 1. The molecule has 108 valence electrons. The van der Waals surface area contributed by atoms with Crippen LogP contribution in [0.25, 0.3) is 0 Å². The Morgan fingerprint density at radius 2 is 1.84 bits per heavy atom. The van der Waals surface area contributed by atoms with E-state index in [1.165, 1.54) is 43.2 Å². The molecule has 1 nitrogen and oxygen atoms in total. The van der Waals surface area contributed by atoms with E-state index in [9.17, 15) is 0 Å². The van der Waals surface area contributed by atoms with E-state index in [1.807, 2.05) is 0 Å². The molecule has 0 amide bonds. The highest BCUT2D eigenvalue weighted by atomic mass is 14.9. The van der Waals surface area contributed by atoms with Gasteiger partial charge < -0.3 is 5.32 Å². The Hall–Kier alpha value is -0.820. The van der Waals surface area contributed by atoms with Crippen LogP contribution in [0.1, 0.15) is 70.0 Å². The molecule has 0 saturated carbocycles. The molecule has 0 aliphatic carbocycles. The fourth-order valence-corrected chi connectivity index (χ4v) is 2.86. The lowest BCUT2D eigenvalue weighted by Crippen LogP contribution is -2.24. The third kappa shape index (κ3) is 5.36. The van der Waals surface area contributed by atoms with Crippen molar-refractivity contribution in [2.24, 2.45) is 5.92 Å². The van der Waals surface area contributed by atoms with Crippen molar-refractivity contribution in [2.75, 3.05) is 6.54 Å². The Labute approximate surface area is 119 Å². The van der Waals surface area contributed by atoms with E-state index in [-0.39, 0.29) is 0 Å². The van der Waals surface area contributed by atoms with E-state index < -0.39 is 0 Å². The second kappa shape index (κ2) is 9.14. The predicted octanol–water partition coefficient (Wildman–Crippen LogP) is 5.25. The molecule has 0 heterocycles. The Morgan fingerprint density at radius 1 is 1.11 bits per heavy atom. The molecular weight excluding hydrogens is 230 g/mol. The maximum atomic E-state index is 3.68. The van der Waals surface area contributed by atoms with Gasteiger partial charge in [0.1, 0.15) is 0 Å². The van der Waals surface area contributed by atoms with Crippen molar-refractivity contribution in [3.63, 3.8) is 0 Å². The summed E-state index contributed by atoms with van der Waals surface area (Å²) in [6.45, 7) is 10.1. The monoisotopic (exact) mass is 261 g/mol. The highest BCUT2D eigenvalue weighted by Crippen LogP contribution is 2.28. The highest BCUT2D eigenvalue weighted by Gasteiger charge is 2.17. The smallest absolute Gasteiger partial charge is 0.0325 e. The van der Waals surface area contributed by atoms with Crippen LogP contribution in [0.2, 0.25) is 0 Å². The summed E-state index contributed by atoms with van der Waals surface area (Å²) in [7, 11) is 0. The molecule has 2 atom stereocenters. The van der Waals surface area contributed by atoms with Crippen LogP contribution in [0, 0.1) is 12.8 Å². The Balaban J connectivity index is 2.74. The first-order valence-electron chi connectivity index (χ1n) is 8.01. The zero-order valence-electron chi connectivity index (χ0n) is 13.2. The van der Waals surface area contributed by atoms with Crippen molar-refractivity contribution in [1.82, 2.24) is 5.32 Å². The zero-order valence-corrected chi connectivity index (χ0v) is 13.2. The van der Waals surface area contributed by atoms with Crippen molar-refractivity contribution in [2.45, 2.75) is 65.8 Å². The SMILES string of the molecule is CCCCC(CC)CC(NCC)c1ccccc1C. The number of hydrogen-bond acceptors (Lipinski definition) is 1. The van der Waals surface area contributed by atoms with E-state index in [1.54, 1.807) is 0 Å². The summed E-state index contributed by atoms with van der Waals surface area (Å²) < 4.78 is 0. The summed E-state index contributed by atoms with van der Waals surface area (Å²) in [5.41, 5.74) is 2.90. The Kier molecular flexibility index (Phi) is 7.81. The van der Waals surface area contributed by atoms with Crippen molar-refractivity contribution in [3.8, 4) is 0 Å². The van der Waals surface area contributed by atoms with Crippen LogP contribution < -0.4 is 5.32 Å². The first-order valence-corrected chi connectivity index (χ1v) is 8.01. The summed E-state index contributed by atoms with van der Waals surface area (Å²) in [4.78, 5) is 0. The number of rotatable bonds is 9. The quantitative estimate of drug-likeness (QED) is 0.640. The lowest BCUT2D eigenvalue weighted by molar-refractivity contribution is 0.356. The second-order valence-corrected chi connectivity index (χ2v) is 5.62. The molecule has 1 rings (SSSR count). The van der Waals surface area contributed by atoms with Crippen molar-refractivity contribution in [1.29, 1.82) is 0 Å². The molecule has 1 aromatic rings. The maximum Gasteiger partial charge on any atom is 0.0325 e. The highest BCUT2D eigenvalue weighted by molar-refractivity contribution is 5.28. The molecule has 0 saturated heterocycles. The molecule has 0 aliphatic rings. The summed E-state index contributed by atoms with van der Waals surface area (Å²) in [6, 6.07) is 9.34. The van der Waals surface area contributed by atoms with Gasteiger partial charge in [0.2, 0.25) is 0 Å². The lowest BCUT2D eigenvalue weighted by Gasteiger charge is -2.25. The first-order chi connectivity index (χ1) is 9.22. The minimum absolute atomic E-state index is 0.521. The van der Waals surface area contributed by atoms with E-state index in [2.05, 4.69) is 57.3 Å². The van der Waals surface area contributed by atoms with E-state index in [4.69, 9.17) is 0 Å². The first kappa shape index (κ1) is 16.2. The fourth-order valence-electron chi connectivity index (χ4n) is 2.86. The third-order valence-corrected chi connectivity index (χ3v) is 4.13. The zero-order chi connectivity index (χ0) is 14.1. The van der Waals surface area contributed by atoms with Gasteiger partial charge >= 0.3 is 0 Å². The molecule has 0 aliphatic heterocycles. The van der Waals surface area contributed by atoms with E-state index in [0.717, 1.165) is 12.5 Å². The maximum absolute atomic E-state index is 3.68. The van der Waals surface area contributed by atoms with Gasteiger partial charge in [0.15, 0.2) is 0 Å². The van der Waals surface area contributed by atoms with Crippen LogP contribution in [0.15, 0.2) is 24.3 Å². The van der Waals surface area contributed by atoms with Gasteiger partial charge in [-0.2, -0.15) is 0 Å². The van der Waals surface area contributed by atoms with Crippen LogP contribution in [-0.4, -0.2) is 6.54 Å². The Bertz CT molecular complexity index is 345. The molecule has 1 N–H and O–H groups in total. The van der Waals surface area contributed by atoms with Crippen LogP contribution in [0.5, 0.6) is 0 Å². The minimum Gasteiger partial charge on any atom is -0.310 e. The molecule has 1 aromatic carbocycles.